The van der Waals surface area contributed by atoms with Crippen LogP contribution in [0.5, 0.6) is 0 Å². The van der Waals surface area contributed by atoms with Crippen molar-refractivity contribution in [3.63, 3.8) is 0 Å². The molecule has 1 aliphatic rings. The quantitative estimate of drug-likeness (QED) is 0.542. The number of aliphatic imine (C=N–C) groups is 1. The molecule has 2 amide bonds. The summed E-state index contributed by atoms with van der Waals surface area (Å²) in [5.74, 6) is 0.890. The molecule has 7 nitrogen and oxygen atoms in total. The second-order valence-electron chi connectivity index (χ2n) is 8.13. The summed E-state index contributed by atoms with van der Waals surface area (Å²) in [5.41, 5.74) is 1.35. The van der Waals surface area contributed by atoms with E-state index in [0.29, 0.717) is 24.6 Å². The molecule has 0 radical (unpaired) electrons. The van der Waals surface area contributed by atoms with Crippen LogP contribution in [0.1, 0.15) is 48.5 Å². The minimum Gasteiger partial charge on any atom is -0.357 e. The highest BCUT2D eigenvalue weighted by Gasteiger charge is 2.42. The van der Waals surface area contributed by atoms with Crippen LogP contribution < -0.4 is 10.6 Å². The van der Waals surface area contributed by atoms with Gasteiger partial charge in [-0.25, -0.2) is 4.99 Å². The first kappa shape index (κ1) is 22.7. The van der Waals surface area contributed by atoms with Gasteiger partial charge in [0.05, 0.1) is 12.0 Å². The number of carbonyl (C=O) groups excluding carboxylic acids is 2. The van der Waals surface area contributed by atoms with Crippen molar-refractivity contribution >= 4 is 17.8 Å². The van der Waals surface area contributed by atoms with Crippen molar-refractivity contribution in [1.82, 2.24) is 20.4 Å². The van der Waals surface area contributed by atoms with E-state index < -0.39 is 0 Å². The fourth-order valence-electron chi connectivity index (χ4n) is 3.77. The largest absolute Gasteiger partial charge is 0.357 e. The molecule has 0 bridgehead atoms. The molecule has 2 N–H and O–H groups in total. The van der Waals surface area contributed by atoms with Crippen molar-refractivity contribution < 1.29 is 9.59 Å². The fourth-order valence-corrected chi connectivity index (χ4v) is 3.77. The lowest BCUT2D eigenvalue weighted by molar-refractivity contribution is -0.138. The number of carbonyl (C=O) groups is 2. The van der Waals surface area contributed by atoms with Crippen LogP contribution in [-0.4, -0.2) is 68.9 Å². The highest BCUT2D eigenvalue weighted by molar-refractivity contribution is 5.93. The molecule has 0 spiro atoms. The van der Waals surface area contributed by atoms with E-state index in [1.54, 1.807) is 23.9 Å². The minimum absolute atomic E-state index is 0.0116. The molecule has 29 heavy (non-hydrogen) atoms. The Morgan fingerprint density at radius 2 is 1.62 bits per heavy atom. The zero-order valence-corrected chi connectivity index (χ0v) is 18.4. The molecule has 1 aromatic rings. The van der Waals surface area contributed by atoms with Crippen molar-refractivity contribution in [3.05, 3.63) is 35.4 Å². The van der Waals surface area contributed by atoms with Gasteiger partial charge in [0.15, 0.2) is 5.96 Å². The topological polar surface area (TPSA) is 77.0 Å². The Morgan fingerprint density at radius 3 is 2.14 bits per heavy atom. The first-order valence-corrected chi connectivity index (χ1v) is 10.3. The van der Waals surface area contributed by atoms with Gasteiger partial charge >= 0.3 is 0 Å². The summed E-state index contributed by atoms with van der Waals surface area (Å²) < 4.78 is 0. The summed E-state index contributed by atoms with van der Waals surface area (Å²) in [4.78, 5) is 32.7. The monoisotopic (exact) mass is 401 g/mol. The Labute approximate surface area is 174 Å². The molecule has 0 heterocycles. The molecule has 0 saturated heterocycles. The molecule has 160 valence electrons. The first-order valence-electron chi connectivity index (χ1n) is 10.3. The normalized spacial score (nSPS) is 15.7. The highest BCUT2D eigenvalue weighted by Crippen LogP contribution is 2.38. The van der Waals surface area contributed by atoms with Gasteiger partial charge in [0.1, 0.15) is 0 Å². The van der Waals surface area contributed by atoms with E-state index in [4.69, 9.17) is 0 Å². The Morgan fingerprint density at radius 1 is 1.00 bits per heavy atom. The molecular weight excluding hydrogens is 366 g/mol. The first-order chi connectivity index (χ1) is 13.8. The SMILES string of the molecule is CCNC(=NCc1ccc(C(=O)N(C)C)cc1)NCC1(C(=O)N(C)C)CCCC1. The van der Waals surface area contributed by atoms with Gasteiger partial charge in [0.2, 0.25) is 5.91 Å². The van der Waals surface area contributed by atoms with Crippen LogP contribution in [-0.2, 0) is 11.3 Å². The van der Waals surface area contributed by atoms with Crippen LogP contribution in [0, 0.1) is 5.41 Å². The van der Waals surface area contributed by atoms with Crippen LogP contribution >= 0.6 is 0 Å². The summed E-state index contributed by atoms with van der Waals surface area (Å²) in [7, 11) is 7.14. The lowest BCUT2D eigenvalue weighted by atomic mass is 9.84. The number of rotatable bonds is 7. The van der Waals surface area contributed by atoms with Gasteiger partial charge in [-0.15, -0.1) is 0 Å². The zero-order valence-electron chi connectivity index (χ0n) is 18.4. The van der Waals surface area contributed by atoms with Crippen LogP contribution in [0.15, 0.2) is 29.3 Å². The molecule has 1 aromatic carbocycles. The van der Waals surface area contributed by atoms with Gasteiger partial charge in [0, 0.05) is 46.8 Å². The average molecular weight is 402 g/mol. The smallest absolute Gasteiger partial charge is 0.253 e. The van der Waals surface area contributed by atoms with E-state index in [0.717, 1.165) is 37.8 Å². The third-order valence-corrected chi connectivity index (χ3v) is 5.39. The van der Waals surface area contributed by atoms with E-state index in [1.807, 2.05) is 45.3 Å². The van der Waals surface area contributed by atoms with Gasteiger partial charge in [-0.1, -0.05) is 25.0 Å². The van der Waals surface area contributed by atoms with E-state index >= 15 is 0 Å². The molecule has 0 atom stereocenters. The van der Waals surface area contributed by atoms with Gasteiger partial charge in [-0.05, 0) is 37.5 Å². The summed E-state index contributed by atoms with van der Waals surface area (Å²) in [6, 6.07) is 7.52. The third-order valence-electron chi connectivity index (χ3n) is 5.39. The second kappa shape index (κ2) is 10.3. The fraction of sp³-hybridized carbons (Fsp3) is 0.591. The molecular formula is C22H35N5O2. The van der Waals surface area contributed by atoms with E-state index in [-0.39, 0.29) is 17.2 Å². The zero-order chi connectivity index (χ0) is 21.4. The number of hydrogen-bond acceptors (Lipinski definition) is 3. The average Bonchev–Trinajstić information content (AvgIpc) is 3.19. The van der Waals surface area contributed by atoms with Crippen molar-refractivity contribution in [2.24, 2.45) is 10.4 Å². The van der Waals surface area contributed by atoms with E-state index in [9.17, 15) is 9.59 Å². The number of benzene rings is 1. The predicted octanol–water partition coefficient (Wildman–Crippen LogP) is 2.09. The highest BCUT2D eigenvalue weighted by atomic mass is 16.2. The molecule has 0 aliphatic heterocycles. The summed E-state index contributed by atoms with van der Waals surface area (Å²) in [6.07, 6.45) is 4.01. The number of nitrogens with zero attached hydrogens (tertiary/aromatic N) is 3. The number of nitrogens with one attached hydrogen (secondary N) is 2. The Balaban J connectivity index is 2.04. The van der Waals surface area contributed by atoms with Gasteiger partial charge in [0.25, 0.3) is 5.91 Å². The van der Waals surface area contributed by atoms with Gasteiger partial charge < -0.3 is 20.4 Å². The van der Waals surface area contributed by atoms with Crippen molar-refractivity contribution in [2.75, 3.05) is 41.3 Å². The molecule has 0 aromatic heterocycles. The molecule has 1 aliphatic carbocycles. The van der Waals surface area contributed by atoms with Crippen LogP contribution in [0.25, 0.3) is 0 Å². The van der Waals surface area contributed by atoms with Gasteiger partial charge in [-0.2, -0.15) is 0 Å². The van der Waals surface area contributed by atoms with Crippen molar-refractivity contribution in [2.45, 2.75) is 39.2 Å². The van der Waals surface area contributed by atoms with E-state index in [2.05, 4.69) is 15.6 Å². The lowest BCUT2D eigenvalue weighted by Gasteiger charge is -2.31. The van der Waals surface area contributed by atoms with Crippen molar-refractivity contribution in [1.29, 1.82) is 0 Å². The summed E-state index contributed by atoms with van der Waals surface area (Å²) >= 11 is 0. The van der Waals surface area contributed by atoms with Crippen LogP contribution in [0.4, 0.5) is 0 Å². The number of guanidine groups is 1. The van der Waals surface area contributed by atoms with Gasteiger partial charge in [-0.3, -0.25) is 9.59 Å². The number of amides is 2. The molecule has 2 rings (SSSR count). The maximum atomic E-state index is 12.7. The van der Waals surface area contributed by atoms with Crippen molar-refractivity contribution in [3.8, 4) is 0 Å². The Hall–Kier alpha value is -2.57. The molecule has 0 unspecified atom stereocenters. The summed E-state index contributed by atoms with van der Waals surface area (Å²) in [6.45, 7) is 3.86. The Kier molecular flexibility index (Phi) is 8.05. The summed E-state index contributed by atoms with van der Waals surface area (Å²) in [5, 5.41) is 6.64. The standard InChI is InChI=1S/C22H35N5O2/c1-6-23-21(25-16-22(13-7-8-14-22)20(29)27(4)5)24-15-17-9-11-18(12-10-17)19(28)26(2)3/h9-12H,6-8,13-16H2,1-5H3,(H2,23,24,25). The maximum Gasteiger partial charge on any atom is 0.253 e. The lowest BCUT2D eigenvalue weighted by Crippen LogP contribution is -2.49. The van der Waals surface area contributed by atoms with Crippen LogP contribution in [0.2, 0.25) is 0 Å². The molecule has 1 saturated carbocycles. The minimum atomic E-state index is -0.339. The Bertz CT molecular complexity index is 719. The van der Waals surface area contributed by atoms with Crippen LogP contribution in [0.3, 0.4) is 0 Å². The van der Waals surface area contributed by atoms with E-state index in [1.165, 1.54) is 0 Å². The second-order valence-corrected chi connectivity index (χ2v) is 8.13. The molecule has 1 fully saturated rings. The third kappa shape index (κ3) is 5.95. The number of hydrogen-bond donors (Lipinski definition) is 2. The molecule has 7 heteroatoms. The predicted molar refractivity (Wildman–Crippen MR) is 117 cm³/mol. The maximum absolute atomic E-state index is 12.7.